The number of nitrogens with one attached hydrogen (secondary N) is 1. The molecule has 0 amide bonds. The molecule has 1 aliphatic heterocycles. The molecule has 2 N–H and O–H groups in total. The first-order valence-electron chi connectivity index (χ1n) is 9.02. The maximum absolute atomic E-state index is 8.99. The first-order chi connectivity index (χ1) is 13.2. The van der Waals surface area contributed by atoms with Crippen molar-refractivity contribution >= 4 is 5.69 Å². The molecule has 1 aromatic carbocycles. The number of ether oxygens (including phenoxy) is 2. The molecule has 3 aromatic rings. The van der Waals surface area contributed by atoms with Crippen LogP contribution >= 0.6 is 0 Å². The molecule has 4 rings (SSSR count). The van der Waals surface area contributed by atoms with E-state index in [0.29, 0.717) is 26.3 Å². The third kappa shape index (κ3) is 3.90. The molecule has 0 aliphatic carbocycles. The van der Waals surface area contributed by atoms with Crippen LogP contribution in [0.3, 0.4) is 0 Å². The molecule has 0 saturated carbocycles. The largest absolute Gasteiger partial charge is 0.490 e. The van der Waals surface area contributed by atoms with E-state index >= 15 is 0 Å². The van der Waals surface area contributed by atoms with Gasteiger partial charge < -0.3 is 19.9 Å². The molecule has 142 valence electrons. The molecule has 0 atom stereocenters. The molecule has 3 heterocycles. The lowest BCUT2D eigenvalue weighted by atomic mass is 10.1. The fraction of sp³-hybridized carbons (Fsp3) is 0.368. The molecule has 0 spiro atoms. The van der Waals surface area contributed by atoms with Crippen molar-refractivity contribution in [2.24, 2.45) is 7.05 Å². The van der Waals surface area contributed by atoms with Crippen molar-refractivity contribution in [3.05, 3.63) is 42.4 Å². The Morgan fingerprint density at radius 2 is 2.04 bits per heavy atom. The van der Waals surface area contributed by atoms with Gasteiger partial charge in [-0.15, -0.1) is 0 Å². The summed E-state index contributed by atoms with van der Waals surface area (Å²) >= 11 is 0. The summed E-state index contributed by atoms with van der Waals surface area (Å²) in [7, 11) is 1.91. The quantitative estimate of drug-likeness (QED) is 0.692. The molecule has 0 fully saturated rings. The van der Waals surface area contributed by atoms with Crippen LogP contribution in [0.4, 0.5) is 5.69 Å². The average Bonchev–Trinajstić information content (AvgIpc) is 3.19. The highest BCUT2D eigenvalue weighted by atomic mass is 16.5. The minimum Gasteiger partial charge on any atom is -0.490 e. The molecule has 0 saturated heterocycles. The summed E-state index contributed by atoms with van der Waals surface area (Å²) in [5.41, 5.74) is 3.87. The van der Waals surface area contributed by atoms with Gasteiger partial charge in [-0.3, -0.25) is 9.36 Å². The number of aliphatic hydroxyl groups excluding tert-OH is 1. The van der Waals surface area contributed by atoms with Crippen molar-refractivity contribution in [1.29, 1.82) is 0 Å². The Hall–Kier alpha value is -3.00. The highest BCUT2D eigenvalue weighted by molar-refractivity contribution is 5.67. The Bertz CT molecular complexity index is 918. The molecule has 0 radical (unpaired) electrons. The van der Waals surface area contributed by atoms with Crippen LogP contribution in [0.1, 0.15) is 12.0 Å². The van der Waals surface area contributed by atoms with Gasteiger partial charge in [0.15, 0.2) is 11.5 Å². The SMILES string of the molecule is Cn1cc(CNc2cnn(CCO)c2)c(-c2ccc3c(c2)OCCCO3)n1. The van der Waals surface area contributed by atoms with Gasteiger partial charge in [0, 0.05) is 43.5 Å². The maximum atomic E-state index is 8.99. The van der Waals surface area contributed by atoms with Crippen LogP contribution in [0.5, 0.6) is 11.5 Å². The number of aryl methyl sites for hydroxylation is 1. The molecular formula is C19H23N5O3. The molecule has 8 nitrogen and oxygen atoms in total. The topological polar surface area (TPSA) is 86.4 Å². The summed E-state index contributed by atoms with van der Waals surface area (Å²) in [6, 6.07) is 5.95. The number of fused-ring (bicyclic) bond motifs is 1. The number of anilines is 1. The summed E-state index contributed by atoms with van der Waals surface area (Å²) in [6.45, 7) is 2.50. The zero-order valence-electron chi connectivity index (χ0n) is 15.3. The fourth-order valence-corrected chi connectivity index (χ4v) is 3.10. The van der Waals surface area contributed by atoms with Crippen LogP contribution in [0, 0.1) is 0 Å². The van der Waals surface area contributed by atoms with Crippen LogP contribution in [-0.4, -0.2) is 44.5 Å². The standard InChI is InChI=1S/C19H23N5O3/c1-23-12-15(10-20-16-11-21-24(13-16)5-6-25)19(22-23)14-3-4-17-18(9-14)27-8-2-7-26-17/h3-4,9,11-13,20,25H,2,5-8,10H2,1H3. The summed E-state index contributed by atoms with van der Waals surface area (Å²) in [4.78, 5) is 0. The second-order valence-corrected chi connectivity index (χ2v) is 6.46. The number of hydrogen-bond donors (Lipinski definition) is 2. The third-order valence-electron chi connectivity index (χ3n) is 4.37. The van der Waals surface area contributed by atoms with Crippen molar-refractivity contribution in [3.63, 3.8) is 0 Å². The van der Waals surface area contributed by atoms with Crippen molar-refractivity contribution < 1.29 is 14.6 Å². The van der Waals surface area contributed by atoms with Gasteiger partial charge in [0.1, 0.15) is 0 Å². The number of rotatable bonds is 6. The minimum absolute atomic E-state index is 0.0674. The molecule has 0 bridgehead atoms. The summed E-state index contributed by atoms with van der Waals surface area (Å²) in [6.07, 6.45) is 6.51. The van der Waals surface area contributed by atoms with E-state index in [9.17, 15) is 0 Å². The van der Waals surface area contributed by atoms with Gasteiger partial charge >= 0.3 is 0 Å². The van der Waals surface area contributed by atoms with Gasteiger partial charge in [-0.2, -0.15) is 10.2 Å². The van der Waals surface area contributed by atoms with E-state index in [0.717, 1.165) is 40.4 Å². The zero-order valence-corrected chi connectivity index (χ0v) is 15.3. The minimum atomic E-state index is 0.0674. The Balaban J connectivity index is 1.54. The maximum Gasteiger partial charge on any atom is 0.161 e. The number of benzene rings is 1. The van der Waals surface area contributed by atoms with E-state index in [1.807, 2.05) is 42.3 Å². The summed E-state index contributed by atoms with van der Waals surface area (Å²) in [5, 5.41) is 21.2. The number of hydrogen-bond acceptors (Lipinski definition) is 6. The molecule has 27 heavy (non-hydrogen) atoms. The monoisotopic (exact) mass is 369 g/mol. The smallest absolute Gasteiger partial charge is 0.161 e. The summed E-state index contributed by atoms with van der Waals surface area (Å²) < 4.78 is 15.0. The lowest BCUT2D eigenvalue weighted by molar-refractivity contribution is 0.269. The van der Waals surface area contributed by atoms with Crippen LogP contribution < -0.4 is 14.8 Å². The lowest BCUT2D eigenvalue weighted by Gasteiger charge is -2.09. The fourth-order valence-electron chi connectivity index (χ4n) is 3.10. The van der Waals surface area contributed by atoms with Gasteiger partial charge in [-0.25, -0.2) is 0 Å². The first-order valence-corrected chi connectivity index (χ1v) is 9.02. The van der Waals surface area contributed by atoms with Crippen molar-refractivity contribution in [2.75, 3.05) is 25.1 Å². The Kier molecular flexibility index (Phi) is 4.97. The Labute approximate surface area is 157 Å². The highest BCUT2D eigenvalue weighted by Gasteiger charge is 2.15. The highest BCUT2D eigenvalue weighted by Crippen LogP contribution is 2.34. The molecule has 1 aliphatic rings. The number of aliphatic hydroxyl groups is 1. The van der Waals surface area contributed by atoms with Gasteiger partial charge in [-0.05, 0) is 18.2 Å². The lowest BCUT2D eigenvalue weighted by Crippen LogP contribution is -2.02. The average molecular weight is 369 g/mol. The Morgan fingerprint density at radius 1 is 1.19 bits per heavy atom. The van der Waals surface area contributed by atoms with E-state index in [1.54, 1.807) is 10.9 Å². The van der Waals surface area contributed by atoms with Crippen molar-refractivity contribution in [2.45, 2.75) is 19.5 Å². The van der Waals surface area contributed by atoms with Crippen molar-refractivity contribution in [1.82, 2.24) is 19.6 Å². The third-order valence-corrected chi connectivity index (χ3v) is 4.37. The van der Waals surface area contributed by atoms with Gasteiger partial charge in [0.05, 0.1) is 43.9 Å². The predicted octanol–water partition coefficient (Wildman–Crippen LogP) is 2.05. The molecular weight excluding hydrogens is 346 g/mol. The van der Waals surface area contributed by atoms with Crippen LogP contribution in [0.15, 0.2) is 36.8 Å². The van der Waals surface area contributed by atoms with Crippen LogP contribution in [0.2, 0.25) is 0 Å². The molecule has 8 heteroatoms. The van der Waals surface area contributed by atoms with E-state index in [2.05, 4.69) is 15.5 Å². The summed E-state index contributed by atoms with van der Waals surface area (Å²) in [5.74, 6) is 1.54. The van der Waals surface area contributed by atoms with Gasteiger partial charge in [-0.1, -0.05) is 0 Å². The van der Waals surface area contributed by atoms with Crippen LogP contribution in [0.25, 0.3) is 11.3 Å². The van der Waals surface area contributed by atoms with E-state index in [1.165, 1.54) is 0 Å². The second-order valence-electron chi connectivity index (χ2n) is 6.46. The van der Waals surface area contributed by atoms with Crippen molar-refractivity contribution in [3.8, 4) is 22.8 Å². The van der Waals surface area contributed by atoms with E-state index in [4.69, 9.17) is 14.6 Å². The number of aromatic nitrogens is 4. The van der Waals surface area contributed by atoms with E-state index < -0.39 is 0 Å². The normalized spacial score (nSPS) is 13.4. The van der Waals surface area contributed by atoms with Gasteiger partial charge in [0.2, 0.25) is 0 Å². The second kappa shape index (κ2) is 7.71. The van der Waals surface area contributed by atoms with E-state index in [-0.39, 0.29) is 6.61 Å². The van der Waals surface area contributed by atoms with Gasteiger partial charge in [0.25, 0.3) is 0 Å². The predicted molar refractivity (Wildman–Crippen MR) is 101 cm³/mol. The molecule has 0 unspecified atom stereocenters. The zero-order chi connectivity index (χ0) is 18.6. The van der Waals surface area contributed by atoms with Crippen LogP contribution in [-0.2, 0) is 20.1 Å². The first kappa shape index (κ1) is 17.4. The number of nitrogens with zero attached hydrogens (tertiary/aromatic N) is 4. The Morgan fingerprint density at radius 3 is 2.89 bits per heavy atom. The molecule has 2 aromatic heterocycles.